The van der Waals surface area contributed by atoms with Crippen molar-refractivity contribution in [2.24, 2.45) is 0 Å². The van der Waals surface area contributed by atoms with E-state index in [0.717, 1.165) is 71.1 Å². The molecule has 0 spiro atoms. The van der Waals surface area contributed by atoms with Gasteiger partial charge in [-0.3, -0.25) is 9.59 Å². The van der Waals surface area contributed by atoms with Gasteiger partial charge in [0.2, 0.25) is 11.8 Å². The standard InChI is InChI=1S/C64H118N2O21/c1-4-6-8-10-12-14-16-18-20-21-22-24-26-28-30-32-34-36-38-51(74)66-45(46(71)37-35-33-31-29-27-25-23-19-17-15-13-11-9-7-5-2)43-82-61-56(78)55(77)58(50(42-69)84-61)85-62-57(79)60(54(76)49(41-68)83-62)87-64(63(80)81)39-47(72)52(65-44(3)70)59(86-64)53(75)48(73)40-67/h22,24,45-50,52-62,67-69,71-73,75-79H,4-21,23,25-43H2,1-3H3,(H,65,70)(H,66,74)(H,80,81)/b24-22-. The number of carboxylic acids is 1. The third-order valence-electron chi connectivity index (χ3n) is 17.2. The molecule has 14 N–H and O–H groups in total. The van der Waals surface area contributed by atoms with E-state index in [1.165, 1.54) is 122 Å². The molecule has 510 valence electrons. The van der Waals surface area contributed by atoms with Gasteiger partial charge in [-0.05, 0) is 38.5 Å². The minimum Gasteiger partial charge on any atom is -0.477 e. The van der Waals surface area contributed by atoms with Crippen LogP contribution in [0.3, 0.4) is 0 Å². The van der Waals surface area contributed by atoms with Gasteiger partial charge in [-0.15, -0.1) is 0 Å². The number of ether oxygens (including phenoxy) is 6. The number of hydrogen-bond donors (Lipinski definition) is 14. The number of carbonyl (C=O) groups excluding carboxylic acids is 2. The molecule has 3 fully saturated rings. The Bertz CT molecular complexity index is 1820. The lowest BCUT2D eigenvalue weighted by molar-refractivity contribution is -0.386. The van der Waals surface area contributed by atoms with Crippen molar-refractivity contribution in [2.75, 3.05) is 26.4 Å². The zero-order chi connectivity index (χ0) is 64.0. The van der Waals surface area contributed by atoms with Gasteiger partial charge in [-0.1, -0.05) is 193 Å². The maximum Gasteiger partial charge on any atom is 0.364 e. The van der Waals surface area contributed by atoms with Gasteiger partial charge in [-0.25, -0.2) is 4.79 Å². The van der Waals surface area contributed by atoms with Gasteiger partial charge in [0.25, 0.3) is 5.79 Å². The lowest BCUT2D eigenvalue weighted by Crippen LogP contribution is -2.70. The number of carbonyl (C=O) groups is 3. The molecule has 23 heteroatoms. The van der Waals surface area contributed by atoms with Crippen molar-refractivity contribution >= 4 is 17.8 Å². The molecule has 0 aromatic rings. The monoisotopic (exact) mass is 1250 g/mol. The van der Waals surface area contributed by atoms with Gasteiger partial charge in [-0.2, -0.15) is 0 Å². The summed E-state index contributed by atoms with van der Waals surface area (Å²) in [6.07, 6.45) is 12.2. The molecule has 23 nitrogen and oxygen atoms in total. The van der Waals surface area contributed by atoms with Crippen LogP contribution >= 0.6 is 0 Å². The number of nitrogens with one attached hydrogen (secondary N) is 2. The molecule has 0 bridgehead atoms. The Hall–Kier alpha value is -2.53. The topological polar surface area (TPSA) is 373 Å². The van der Waals surface area contributed by atoms with Gasteiger partial charge >= 0.3 is 5.97 Å². The third kappa shape index (κ3) is 28.9. The number of aliphatic hydroxyl groups is 11. The van der Waals surface area contributed by atoms with Crippen molar-refractivity contribution in [3.8, 4) is 0 Å². The molecule has 18 unspecified atom stereocenters. The van der Waals surface area contributed by atoms with Crippen LogP contribution in [0.2, 0.25) is 0 Å². The van der Waals surface area contributed by atoms with E-state index in [2.05, 4.69) is 36.6 Å². The number of amides is 2. The molecule has 87 heavy (non-hydrogen) atoms. The van der Waals surface area contributed by atoms with E-state index in [4.69, 9.17) is 28.4 Å². The first-order valence-electron chi connectivity index (χ1n) is 33.5. The Kier molecular flexibility index (Phi) is 41.3. The average Bonchev–Trinajstić information content (AvgIpc) is 1.02. The number of unbranched alkanes of at least 4 members (excludes halogenated alkanes) is 28. The number of carboxylic acid groups (broad SMARTS) is 1. The van der Waals surface area contributed by atoms with E-state index in [1.54, 1.807) is 0 Å². The van der Waals surface area contributed by atoms with Crippen LogP contribution in [-0.4, -0.2) is 215 Å². The largest absolute Gasteiger partial charge is 0.477 e. The van der Waals surface area contributed by atoms with Crippen LogP contribution in [0, 0.1) is 0 Å². The third-order valence-corrected chi connectivity index (χ3v) is 17.2. The molecular weight excluding hydrogens is 1130 g/mol. The van der Waals surface area contributed by atoms with Crippen LogP contribution < -0.4 is 10.6 Å². The predicted octanol–water partition coefficient (Wildman–Crippen LogP) is 5.12. The zero-order valence-corrected chi connectivity index (χ0v) is 52.9. The van der Waals surface area contributed by atoms with Gasteiger partial charge in [0.1, 0.15) is 67.1 Å². The molecular formula is C64H118N2O21. The molecule has 0 aromatic carbocycles. The van der Waals surface area contributed by atoms with E-state index >= 15 is 0 Å². The SMILES string of the molecule is CCCCCCCCCCC/C=C\CCCCCCCC(=O)NC(COC1OC(CO)C(OC2OC(CO)C(O)C(OC3(C(=O)O)CC(O)C(NC(C)=O)C(C(O)C(O)CO)O3)C2O)C(O)C1O)C(O)CCCCCCCCCCCCCCCCC. The quantitative estimate of drug-likeness (QED) is 0.0278. The highest BCUT2D eigenvalue weighted by molar-refractivity contribution is 5.77. The van der Waals surface area contributed by atoms with Crippen molar-refractivity contribution < 1.29 is 104 Å². The summed E-state index contributed by atoms with van der Waals surface area (Å²) in [7, 11) is 0. The van der Waals surface area contributed by atoms with Gasteiger partial charge < -0.3 is 100 Å². The molecule has 0 radical (unpaired) electrons. The molecule has 3 rings (SSSR count). The Labute approximate surface area is 518 Å². The van der Waals surface area contributed by atoms with Crippen molar-refractivity contribution in [3.05, 3.63) is 12.2 Å². The van der Waals surface area contributed by atoms with E-state index < -0.39 is 148 Å². The lowest BCUT2D eigenvalue weighted by atomic mass is 9.88. The van der Waals surface area contributed by atoms with Crippen LogP contribution in [0.4, 0.5) is 0 Å². The van der Waals surface area contributed by atoms with Crippen LogP contribution in [-0.2, 0) is 42.8 Å². The summed E-state index contributed by atoms with van der Waals surface area (Å²) in [4.78, 5) is 38.5. The highest BCUT2D eigenvalue weighted by atomic mass is 16.8. The minimum absolute atomic E-state index is 0.215. The summed E-state index contributed by atoms with van der Waals surface area (Å²) in [6, 6.07) is -2.53. The molecule has 3 saturated heterocycles. The summed E-state index contributed by atoms with van der Waals surface area (Å²) < 4.78 is 34.8. The normalized spacial score (nSPS) is 29.2. The second-order valence-electron chi connectivity index (χ2n) is 24.7. The molecule has 18 atom stereocenters. The Morgan fingerprint density at radius 2 is 1.07 bits per heavy atom. The number of aliphatic carboxylic acids is 1. The molecule has 3 heterocycles. The maximum absolute atomic E-state index is 13.4. The number of allylic oxidation sites excluding steroid dienone is 2. The van der Waals surface area contributed by atoms with Gasteiger partial charge in [0.05, 0.1) is 50.7 Å². The van der Waals surface area contributed by atoms with Crippen molar-refractivity contribution in [1.29, 1.82) is 0 Å². The van der Waals surface area contributed by atoms with Crippen LogP contribution in [0.5, 0.6) is 0 Å². The van der Waals surface area contributed by atoms with Crippen LogP contribution in [0.25, 0.3) is 0 Å². The minimum atomic E-state index is -3.08. The summed E-state index contributed by atoms with van der Waals surface area (Å²) >= 11 is 0. The first-order valence-corrected chi connectivity index (χ1v) is 33.5. The molecule has 0 saturated carbocycles. The van der Waals surface area contributed by atoms with E-state index in [9.17, 15) is 75.7 Å². The second kappa shape index (κ2) is 45.7. The van der Waals surface area contributed by atoms with Crippen molar-refractivity contribution in [2.45, 2.75) is 349 Å². The van der Waals surface area contributed by atoms with E-state index in [-0.39, 0.29) is 18.9 Å². The first kappa shape index (κ1) is 78.7. The van der Waals surface area contributed by atoms with Crippen LogP contribution in [0.1, 0.15) is 239 Å². The first-order chi connectivity index (χ1) is 41.9. The zero-order valence-electron chi connectivity index (χ0n) is 52.9. The summed E-state index contributed by atoms with van der Waals surface area (Å²) in [5.41, 5.74) is 0. The Morgan fingerprint density at radius 3 is 1.55 bits per heavy atom. The number of aliphatic hydroxyl groups excluding tert-OH is 11. The second-order valence-corrected chi connectivity index (χ2v) is 24.7. The number of rotatable bonds is 50. The fourth-order valence-corrected chi connectivity index (χ4v) is 11.8. The molecule has 0 aromatic heterocycles. The fourth-order valence-electron chi connectivity index (χ4n) is 11.8. The van der Waals surface area contributed by atoms with Crippen molar-refractivity contribution in [3.63, 3.8) is 0 Å². The highest BCUT2D eigenvalue weighted by Crippen LogP contribution is 2.39. The summed E-state index contributed by atoms with van der Waals surface area (Å²) in [5, 5.41) is 136. The average molecular weight is 1250 g/mol. The Morgan fingerprint density at radius 1 is 0.586 bits per heavy atom. The smallest absolute Gasteiger partial charge is 0.364 e. The molecule has 3 aliphatic rings. The highest BCUT2D eigenvalue weighted by Gasteiger charge is 2.60. The predicted molar refractivity (Wildman–Crippen MR) is 325 cm³/mol. The molecule has 2 amide bonds. The van der Waals surface area contributed by atoms with E-state index in [0.29, 0.717) is 19.3 Å². The van der Waals surface area contributed by atoms with Crippen molar-refractivity contribution in [1.82, 2.24) is 10.6 Å². The molecule has 3 aliphatic heterocycles. The summed E-state index contributed by atoms with van der Waals surface area (Å²) in [5.74, 6) is -6.11. The number of hydrogen-bond acceptors (Lipinski definition) is 20. The fraction of sp³-hybridized carbons (Fsp3) is 0.922. The van der Waals surface area contributed by atoms with E-state index in [1.807, 2.05) is 0 Å². The maximum atomic E-state index is 13.4. The Balaban J connectivity index is 1.62. The van der Waals surface area contributed by atoms with Gasteiger partial charge in [0.15, 0.2) is 12.6 Å². The van der Waals surface area contributed by atoms with Gasteiger partial charge in [0, 0.05) is 19.8 Å². The molecule has 0 aliphatic carbocycles. The van der Waals surface area contributed by atoms with Crippen LogP contribution in [0.15, 0.2) is 12.2 Å². The lowest BCUT2D eigenvalue weighted by Gasteiger charge is -2.50. The summed E-state index contributed by atoms with van der Waals surface area (Å²) in [6.45, 7) is 2.19.